The van der Waals surface area contributed by atoms with Gasteiger partial charge in [-0.15, -0.1) is 0 Å². The molecule has 1 fully saturated rings. The van der Waals surface area contributed by atoms with Crippen molar-refractivity contribution in [2.45, 2.75) is 26.7 Å². The van der Waals surface area contributed by atoms with Gasteiger partial charge >= 0.3 is 6.03 Å². The molecule has 1 heterocycles. The minimum atomic E-state index is -0.330. The summed E-state index contributed by atoms with van der Waals surface area (Å²) in [5.41, 5.74) is 0. The molecule has 1 N–H and O–H groups in total. The highest BCUT2D eigenvalue weighted by molar-refractivity contribution is 5.74. The van der Waals surface area contributed by atoms with Crippen molar-refractivity contribution in [1.82, 2.24) is 10.2 Å². The van der Waals surface area contributed by atoms with Crippen LogP contribution in [-0.4, -0.2) is 37.2 Å². The first-order chi connectivity index (χ1) is 10.6. The van der Waals surface area contributed by atoms with Crippen LogP contribution in [-0.2, 0) is 0 Å². The smallest absolute Gasteiger partial charge is 0.317 e. The maximum atomic E-state index is 13.4. The minimum absolute atomic E-state index is 0.0197. The van der Waals surface area contributed by atoms with Crippen molar-refractivity contribution in [3.63, 3.8) is 0 Å². The number of para-hydroxylation sites is 1. The average molecular weight is 308 g/mol. The van der Waals surface area contributed by atoms with E-state index in [0.717, 1.165) is 25.9 Å². The summed E-state index contributed by atoms with van der Waals surface area (Å²) in [6.07, 6.45) is 1.82. The molecule has 0 spiro atoms. The van der Waals surface area contributed by atoms with Crippen LogP contribution in [0.25, 0.3) is 0 Å². The minimum Gasteiger partial charge on any atom is -0.491 e. The van der Waals surface area contributed by atoms with Crippen molar-refractivity contribution in [1.29, 1.82) is 0 Å². The zero-order valence-corrected chi connectivity index (χ0v) is 13.3. The molecule has 0 radical (unpaired) electrons. The van der Waals surface area contributed by atoms with E-state index in [-0.39, 0.29) is 11.8 Å². The average Bonchev–Trinajstić information content (AvgIpc) is 2.95. The number of rotatable bonds is 6. The third-order valence-corrected chi connectivity index (χ3v) is 3.85. The van der Waals surface area contributed by atoms with Crippen molar-refractivity contribution in [3.8, 4) is 5.75 Å². The highest BCUT2D eigenvalue weighted by atomic mass is 19.1. The lowest BCUT2D eigenvalue weighted by molar-refractivity contribution is 0.203. The van der Waals surface area contributed by atoms with Gasteiger partial charge in [-0.05, 0) is 36.8 Å². The zero-order chi connectivity index (χ0) is 15.9. The summed E-state index contributed by atoms with van der Waals surface area (Å²) in [5, 5.41) is 2.94. The fourth-order valence-corrected chi connectivity index (χ4v) is 2.55. The molecular formula is C17H25FN2O2. The first-order valence-electron chi connectivity index (χ1n) is 7.96. The van der Waals surface area contributed by atoms with E-state index < -0.39 is 0 Å². The number of halogens is 1. The van der Waals surface area contributed by atoms with Gasteiger partial charge in [0.2, 0.25) is 0 Å². The van der Waals surface area contributed by atoms with Gasteiger partial charge in [0.25, 0.3) is 0 Å². The van der Waals surface area contributed by atoms with Crippen LogP contribution >= 0.6 is 0 Å². The number of benzene rings is 1. The predicted octanol–water partition coefficient (Wildman–Crippen LogP) is 3.28. The highest BCUT2D eigenvalue weighted by Gasteiger charge is 2.26. The van der Waals surface area contributed by atoms with Gasteiger partial charge in [0.15, 0.2) is 11.6 Å². The van der Waals surface area contributed by atoms with Gasteiger partial charge < -0.3 is 15.0 Å². The molecule has 0 bridgehead atoms. The van der Waals surface area contributed by atoms with Crippen molar-refractivity contribution in [2.24, 2.45) is 11.8 Å². The second-order valence-corrected chi connectivity index (χ2v) is 6.25. The molecule has 5 heteroatoms. The molecule has 1 unspecified atom stereocenters. The predicted molar refractivity (Wildman–Crippen MR) is 84.4 cm³/mol. The van der Waals surface area contributed by atoms with E-state index in [4.69, 9.17) is 4.74 Å². The van der Waals surface area contributed by atoms with Crippen LogP contribution in [0.1, 0.15) is 26.7 Å². The maximum Gasteiger partial charge on any atom is 0.317 e. The van der Waals surface area contributed by atoms with Crippen LogP contribution in [0.2, 0.25) is 0 Å². The highest BCUT2D eigenvalue weighted by Crippen LogP contribution is 2.21. The van der Waals surface area contributed by atoms with Crippen molar-refractivity contribution < 1.29 is 13.9 Å². The molecule has 2 rings (SSSR count). The third kappa shape index (κ3) is 4.90. The lowest BCUT2D eigenvalue weighted by Gasteiger charge is -2.18. The lowest BCUT2D eigenvalue weighted by atomic mass is 10.1. The van der Waals surface area contributed by atoms with Crippen LogP contribution in [0.15, 0.2) is 24.3 Å². The Hall–Kier alpha value is -1.78. The van der Waals surface area contributed by atoms with Crippen molar-refractivity contribution in [2.75, 3.05) is 26.2 Å². The number of carbonyl (C=O) groups is 1. The largest absolute Gasteiger partial charge is 0.491 e. The molecule has 2 amide bonds. The first kappa shape index (κ1) is 16.6. The van der Waals surface area contributed by atoms with Crippen LogP contribution in [0.5, 0.6) is 5.75 Å². The Labute approximate surface area is 131 Å². The number of carbonyl (C=O) groups excluding carboxylic acids is 1. The van der Waals surface area contributed by atoms with Gasteiger partial charge in [0, 0.05) is 19.6 Å². The molecule has 4 nitrogen and oxygen atoms in total. The molecule has 122 valence electrons. The maximum absolute atomic E-state index is 13.4. The summed E-state index contributed by atoms with van der Waals surface area (Å²) >= 11 is 0. The van der Waals surface area contributed by atoms with E-state index in [9.17, 15) is 9.18 Å². The summed E-state index contributed by atoms with van der Waals surface area (Å²) in [4.78, 5) is 13.8. The molecule has 0 saturated carbocycles. The third-order valence-electron chi connectivity index (χ3n) is 3.85. The first-order valence-corrected chi connectivity index (χ1v) is 7.96. The fourth-order valence-electron chi connectivity index (χ4n) is 2.55. The number of hydrogen-bond donors (Lipinski definition) is 1. The zero-order valence-electron chi connectivity index (χ0n) is 13.3. The number of urea groups is 1. The fraction of sp³-hybridized carbons (Fsp3) is 0.588. The van der Waals surface area contributed by atoms with Crippen molar-refractivity contribution >= 4 is 6.03 Å². The van der Waals surface area contributed by atoms with E-state index in [0.29, 0.717) is 30.7 Å². The number of amides is 2. The topological polar surface area (TPSA) is 41.6 Å². The second-order valence-electron chi connectivity index (χ2n) is 6.25. The van der Waals surface area contributed by atoms with E-state index in [1.165, 1.54) is 6.07 Å². The number of hydrogen-bond acceptors (Lipinski definition) is 2. The number of ether oxygens (including phenoxy) is 1. The molecule has 1 aromatic rings. The van der Waals surface area contributed by atoms with E-state index in [1.807, 2.05) is 4.90 Å². The van der Waals surface area contributed by atoms with Gasteiger partial charge in [-0.1, -0.05) is 26.0 Å². The Morgan fingerprint density at radius 3 is 2.95 bits per heavy atom. The molecular weight excluding hydrogens is 283 g/mol. The SMILES string of the molecule is CC(C)CNC(=O)N1CCC(CCOc2ccccc2F)C1. The second kappa shape index (κ2) is 8.01. The van der Waals surface area contributed by atoms with Crippen molar-refractivity contribution in [3.05, 3.63) is 30.1 Å². The number of likely N-dealkylation sites (tertiary alicyclic amines) is 1. The van der Waals surface area contributed by atoms with E-state index in [1.54, 1.807) is 18.2 Å². The quantitative estimate of drug-likeness (QED) is 0.876. The summed E-state index contributed by atoms with van der Waals surface area (Å²) in [6, 6.07) is 6.45. The summed E-state index contributed by atoms with van der Waals surface area (Å²) in [6.45, 7) is 6.88. The summed E-state index contributed by atoms with van der Waals surface area (Å²) < 4.78 is 18.9. The molecule has 1 aromatic carbocycles. The van der Waals surface area contributed by atoms with Crippen LogP contribution in [0.4, 0.5) is 9.18 Å². The molecule has 0 aliphatic carbocycles. The Morgan fingerprint density at radius 1 is 1.45 bits per heavy atom. The Balaban J connectivity index is 1.68. The van der Waals surface area contributed by atoms with Gasteiger partial charge in [-0.3, -0.25) is 0 Å². The standard InChI is InChI=1S/C17H25FN2O2/c1-13(2)11-19-17(21)20-9-7-14(12-20)8-10-22-16-6-4-3-5-15(16)18/h3-6,13-14H,7-12H2,1-2H3,(H,19,21). The Morgan fingerprint density at radius 2 is 2.23 bits per heavy atom. The van der Waals surface area contributed by atoms with Gasteiger partial charge in [-0.2, -0.15) is 0 Å². The van der Waals surface area contributed by atoms with Gasteiger partial charge in [-0.25, -0.2) is 9.18 Å². The number of nitrogens with zero attached hydrogens (tertiary/aromatic N) is 1. The summed E-state index contributed by atoms with van der Waals surface area (Å²) in [5.74, 6) is 0.851. The Kier molecular flexibility index (Phi) is 6.04. The Bertz CT molecular complexity index is 493. The monoisotopic (exact) mass is 308 g/mol. The molecule has 0 aromatic heterocycles. The molecule has 1 atom stereocenters. The van der Waals surface area contributed by atoms with Gasteiger partial charge in [0.1, 0.15) is 0 Å². The normalized spacial score (nSPS) is 17.8. The van der Waals surface area contributed by atoms with Gasteiger partial charge in [0.05, 0.1) is 6.61 Å². The van der Waals surface area contributed by atoms with Crippen LogP contribution in [0, 0.1) is 17.7 Å². The van der Waals surface area contributed by atoms with E-state index in [2.05, 4.69) is 19.2 Å². The lowest BCUT2D eigenvalue weighted by Crippen LogP contribution is -2.40. The number of nitrogens with one attached hydrogen (secondary N) is 1. The molecule has 22 heavy (non-hydrogen) atoms. The molecule has 1 aliphatic rings. The van der Waals surface area contributed by atoms with E-state index >= 15 is 0 Å². The molecule has 1 saturated heterocycles. The van der Waals surface area contributed by atoms with Crippen LogP contribution in [0.3, 0.4) is 0 Å². The molecule has 1 aliphatic heterocycles. The summed E-state index contributed by atoms with van der Waals surface area (Å²) in [7, 11) is 0. The van der Waals surface area contributed by atoms with Crippen LogP contribution < -0.4 is 10.1 Å².